The molecule has 1 fully saturated rings. The van der Waals surface area contributed by atoms with Gasteiger partial charge in [-0.2, -0.15) is 4.76 Å². The second-order valence-corrected chi connectivity index (χ2v) is 9.13. The van der Waals surface area contributed by atoms with E-state index in [1.807, 2.05) is 34.9 Å². The third-order valence-electron chi connectivity index (χ3n) is 3.35. The maximum atomic E-state index is 6.25. The lowest BCUT2D eigenvalue weighted by Gasteiger charge is -2.36. The van der Waals surface area contributed by atoms with E-state index in [2.05, 4.69) is 36.9 Å². The first kappa shape index (κ1) is 18.5. The van der Waals surface area contributed by atoms with Crippen molar-refractivity contribution in [2.45, 2.75) is 59.2 Å². The summed E-state index contributed by atoms with van der Waals surface area (Å²) in [5, 5.41) is 0. The Morgan fingerprint density at radius 1 is 1.10 bits per heavy atom. The number of hydrogen-bond acceptors (Lipinski definition) is 3. The molecular weight excluding hydrogens is 285 g/mol. The van der Waals surface area contributed by atoms with Crippen molar-refractivity contribution in [3.05, 3.63) is 0 Å². The first-order valence-corrected chi connectivity index (χ1v) is 9.31. The molecule has 5 nitrogen and oxygen atoms in total. The van der Waals surface area contributed by atoms with Gasteiger partial charge in [-0.3, -0.25) is 0 Å². The molecule has 124 valence electrons. The van der Waals surface area contributed by atoms with E-state index in [-0.39, 0.29) is 11.2 Å². The summed E-state index contributed by atoms with van der Waals surface area (Å²) in [6.45, 7) is 14.2. The van der Waals surface area contributed by atoms with Crippen molar-refractivity contribution in [2.24, 2.45) is 4.76 Å². The molecule has 0 N–H and O–H groups in total. The number of guanidine groups is 1. The number of likely N-dealkylation sites (N-methyl/N-ethyl adjacent to an activating group) is 2. The maximum Gasteiger partial charge on any atom is 0.238 e. The van der Waals surface area contributed by atoms with E-state index in [0.29, 0.717) is 0 Å². The van der Waals surface area contributed by atoms with E-state index in [9.17, 15) is 0 Å². The van der Waals surface area contributed by atoms with Crippen molar-refractivity contribution in [1.82, 2.24) is 9.80 Å². The summed E-state index contributed by atoms with van der Waals surface area (Å²) in [5.41, 5.74) is -0.653. The molecule has 1 rings (SSSR count). The van der Waals surface area contributed by atoms with Gasteiger partial charge in [-0.25, -0.2) is 0 Å². The second kappa shape index (κ2) is 6.31. The molecule has 0 amide bonds. The van der Waals surface area contributed by atoms with Gasteiger partial charge in [0, 0.05) is 27.2 Å². The van der Waals surface area contributed by atoms with Crippen LogP contribution < -0.4 is 0 Å². The molecule has 0 spiro atoms. The standard InChI is InChI=1S/C15H32N3O2P/c1-10-15(5,6)20-21(9,19-14(2,3)4)16-13-17(7)11-12-18(13)8/h9-12H2,1-8H3. The lowest BCUT2D eigenvalue weighted by Crippen LogP contribution is -2.30. The molecule has 0 radical (unpaired) electrons. The molecule has 1 unspecified atom stereocenters. The van der Waals surface area contributed by atoms with Crippen LogP contribution >= 0.6 is 7.49 Å². The number of hydrogen-bond donors (Lipinski definition) is 0. The zero-order chi connectivity index (χ0) is 16.5. The average Bonchev–Trinajstić information content (AvgIpc) is 2.57. The fourth-order valence-electron chi connectivity index (χ4n) is 2.02. The molecule has 0 aromatic rings. The minimum atomic E-state index is -2.60. The Hall–Kier alpha value is -0.510. The normalized spacial score (nSPS) is 19.9. The van der Waals surface area contributed by atoms with E-state index in [1.165, 1.54) is 0 Å². The highest BCUT2D eigenvalue weighted by Gasteiger charge is 2.33. The minimum Gasteiger partial charge on any atom is -0.344 e. The zero-order valence-electron chi connectivity index (χ0n) is 14.9. The van der Waals surface area contributed by atoms with Gasteiger partial charge < -0.3 is 18.8 Å². The van der Waals surface area contributed by atoms with Crippen LogP contribution in [0.3, 0.4) is 0 Å². The van der Waals surface area contributed by atoms with Crippen LogP contribution in [0.4, 0.5) is 0 Å². The molecule has 0 saturated carbocycles. The Bertz CT molecular complexity index is 429. The summed E-state index contributed by atoms with van der Waals surface area (Å²) < 4.78 is 17.2. The van der Waals surface area contributed by atoms with Crippen LogP contribution in [0.15, 0.2) is 4.76 Å². The molecule has 1 atom stereocenters. The van der Waals surface area contributed by atoms with Crippen LogP contribution in [-0.2, 0) is 9.05 Å². The average molecular weight is 317 g/mol. The topological polar surface area (TPSA) is 37.3 Å². The Labute approximate surface area is 130 Å². The minimum absolute atomic E-state index is 0.305. The van der Waals surface area contributed by atoms with E-state index >= 15 is 0 Å². The lowest BCUT2D eigenvalue weighted by molar-refractivity contribution is 0.0580. The van der Waals surface area contributed by atoms with Crippen LogP contribution in [0, 0.1) is 0 Å². The molecular formula is C15H32N3O2P. The number of nitrogens with zero attached hydrogens (tertiary/aromatic N) is 3. The lowest BCUT2D eigenvalue weighted by atomic mass is 10.1. The van der Waals surface area contributed by atoms with Crippen molar-refractivity contribution in [1.29, 1.82) is 0 Å². The van der Waals surface area contributed by atoms with Gasteiger partial charge in [-0.05, 0) is 47.3 Å². The van der Waals surface area contributed by atoms with Crippen molar-refractivity contribution in [3.8, 4) is 0 Å². The van der Waals surface area contributed by atoms with E-state index in [0.717, 1.165) is 25.5 Å². The van der Waals surface area contributed by atoms with E-state index in [4.69, 9.17) is 13.8 Å². The van der Waals surface area contributed by atoms with Crippen molar-refractivity contribution in [3.63, 3.8) is 0 Å². The van der Waals surface area contributed by atoms with Gasteiger partial charge in [0.2, 0.25) is 13.5 Å². The quantitative estimate of drug-likeness (QED) is 0.728. The predicted molar refractivity (Wildman–Crippen MR) is 93.0 cm³/mol. The van der Waals surface area contributed by atoms with Gasteiger partial charge in [0.25, 0.3) is 0 Å². The van der Waals surface area contributed by atoms with Gasteiger partial charge in [0.05, 0.1) is 11.2 Å². The Balaban J connectivity index is 3.13. The molecule has 1 aliphatic heterocycles. The third-order valence-corrected chi connectivity index (χ3v) is 5.45. The molecule has 6 heteroatoms. The monoisotopic (exact) mass is 317 g/mol. The summed E-state index contributed by atoms with van der Waals surface area (Å²) in [5.74, 6) is 0.898. The zero-order valence-corrected chi connectivity index (χ0v) is 15.8. The van der Waals surface area contributed by atoms with Gasteiger partial charge >= 0.3 is 0 Å². The van der Waals surface area contributed by atoms with Crippen LogP contribution in [0.1, 0.15) is 48.0 Å². The van der Waals surface area contributed by atoms with Gasteiger partial charge in [-0.1, -0.05) is 6.92 Å². The Kier molecular flexibility index (Phi) is 5.57. The highest BCUT2D eigenvalue weighted by Crippen LogP contribution is 2.56. The summed E-state index contributed by atoms with van der Waals surface area (Å²) in [6, 6.07) is 0. The van der Waals surface area contributed by atoms with Crippen molar-refractivity contribution >= 4 is 19.7 Å². The summed E-state index contributed by atoms with van der Waals surface area (Å²) in [7, 11) is 1.47. The molecule has 0 bridgehead atoms. The smallest absolute Gasteiger partial charge is 0.238 e. The summed E-state index contributed by atoms with van der Waals surface area (Å²) in [4.78, 5) is 4.24. The van der Waals surface area contributed by atoms with Crippen LogP contribution in [0.5, 0.6) is 0 Å². The fraction of sp³-hybridized carbons (Fsp3) is 0.867. The van der Waals surface area contributed by atoms with Gasteiger partial charge in [-0.15, -0.1) is 0 Å². The molecule has 1 heterocycles. The first-order chi connectivity index (χ1) is 9.37. The Morgan fingerprint density at radius 3 is 1.95 bits per heavy atom. The summed E-state index contributed by atoms with van der Waals surface area (Å²) in [6.07, 6.45) is 5.13. The van der Waals surface area contributed by atoms with Crippen molar-refractivity contribution in [2.75, 3.05) is 27.2 Å². The molecule has 1 saturated heterocycles. The highest BCUT2D eigenvalue weighted by atomic mass is 31.2. The highest BCUT2D eigenvalue weighted by molar-refractivity contribution is 7.63. The van der Waals surface area contributed by atoms with E-state index < -0.39 is 7.49 Å². The molecule has 0 aromatic heterocycles. The maximum absolute atomic E-state index is 6.25. The molecule has 1 aliphatic rings. The molecule has 0 aromatic carbocycles. The van der Waals surface area contributed by atoms with Gasteiger partial charge in [0.1, 0.15) is 0 Å². The molecule has 0 aliphatic carbocycles. The van der Waals surface area contributed by atoms with Crippen molar-refractivity contribution < 1.29 is 9.05 Å². The second-order valence-electron chi connectivity index (χ2n) is 7.29. The van der Waals surface area contributed by atoms with Gasteiger partial charge in [0.15, 0.2) is 0 Å². The fourth-order valence-corrected chi connectivity index (χ4v) is 4.47. The SMILES string of the molecule is C=P(N=C1N(C)CCN1C)(OC(C)(C)C)OC(C)(C)CC. The van der Waals surface area contributed by atoms with Crippen LogP contribution in [-0.4, -0.2) is 60.4 Å². The van der Waals surface area contributed by atoms with Crippen LogP contribution in [0.25, 0.3) is 0 Å². The predicted octanol–water partition coefficient (Wildman–Crippen LogP) is 3.43. The van der Waals surface area contributed by atoms with E-state index in [1.54, 1.807) is 0 Å². The molecule has 21 heavy (non-hydrogen) atoms. The third kappa shape index (κ3) is 5.65. The number of rotatable bonds is 5. The Morgan fingerprint density at radius 2 is 1.57 bits per heavy atom. The van der Waals surface area contributed by atoms with Crippen LogP contribution in [0.2, 0.25) is 0 Å². The summed E-state index contributed by atoms with van der Waals surface area (Å²) >= 11 is 0. The largest absolute Gasteiger partial charge is 0.344 e. The first-order valence-electron chi connectivity index (χ1n) is 7.55.